The molecule has 0 rings (SSSR count). The van der Waals surface area contributed by atoms with Gasteiger partial charge in [0.05, 0.1) is 11.7 Å². The van der Waals surface area contributed by atoms with Crippen molar-refractivity contribution in [1.29, 1.82) is 0 Å². The maximum Gasteiger partial charge on any atom is 0.230 e. The number of hydrogen-bond acceptors (Lipinski definition) is 5. The number of oxime groups is 1. The molecule has 1 amide bonds. The lowest BCUT2D eigenvalue weighted by atomic mass is 10.0. The molecule has 4 N–H and O–H groups in total. The second-order valence-electron chi connectivity index (χ2n) is 4.26. The molecule has 0 bridgehead atoms. The van der Waals surface area contributed by atoms with Crippen LogP contribution in [-0.2, 0) is 14.8 Å². The van der Waals surface area contributed by atoms with Crippen molar-refractivity contribution in [3.63, 3.8) is 0 Å². The summed E-state index contributed by atoms with van der Waals surface area (Å²) in [6.45, 7) is 1.85. The fraction of sp³-hybridized carbons (Fsp3) is 0.800. The average Bonchev–Trinajstić information content (AvgIpc) is 2.34. The molecule has 0 aromatic rings. The first-order valence-corrected chi connectivity index (χ1v) is 7.52. The van der Waals surface area contributed by atoms with Gasteiger partial charge in [0, 0.05) is 20.6 Å². The fourth-order valence-corrected chi connectivity index (χ4v) is 2.11. The van der Waals surface area contributed by atoms with Gasteiger partial charge in [0.1, 0.15) is 0 Å². The van der Waals surface area contributed by atoms with Crippen LogP contribution in [0.2, 0.25) is 0 Å². The normalized spacial score (nSPS) is 14.4. The van der Waals surface area contributed by atoms with Gasteiger partial charge in [0.25, 0.3) is 0 Å². The van der Waals surface area contributed by atoms with Gasteiger partial charge in [0.2, 0.25) is 15.9 Å². The van der Waals surface area contributed by atoms with Crippen molar-refractivity contribution in [2.24, 2.45) is 16.8 Å². The Balaban J connectivity index is 4.44. The minimum Gasteiger partial charge on any atom is -0.409 e. The number of nitrogens with zero attached hydrogens (tertiary/aromatic N) is 2. The predicted octanol–water partition coefficient (Wildman–Crippen LogP) is -0.843. The Morgan fingerprint density at radius 2 is 2.05 bits per heavy atom. The van der Waals surface area contributed by atoms with Crippen LogP contribution in [0, 0.1) is 5.92 Å². The van der Waals surface area contributed by atoms with E-state index < -0.39 is 21.8 Å². The average molecular weight is 294 g/mol. The second kappa shape index (κ2) is 7.95. The Bertz CT molecular complexity index is 419. The van der Waals surface area contributed by atoms with E-state index in [9.17, 15) is 13.2 Å². The van der Waals surface area contributed by atoms with Crippen LogP contribution in [0.4, 0.5) is 0 Å². The molecule has 9 heteroatoms. The minimum atomic E-state index is -3.35. The second-order valence-corrected chi connectivity index (χ2v) is 6.56. The van der Waals surface area contributed by atoms with E-state index in [4.69, 9.17) is 10.9 Å². The molecule has 1 atom stereocenters. The largest absolute Gasteiger partial charge is 0.409 e. The lowest BCUT2D eigenvalue weighted by molar-refractivity contribution is -0.123. The molecule has 0 aromatic heterocycles. The Labute approximate surface area is 113 Å². The van der Waals surface area contributed by atoms with Crippen molar-refractivity contribution >= 4 is 21.8 Å². The zero-order chi connectivity index (χ0) is 15.1. The molecule has 19 heavy (non-hydrogen) atoms. The van der Waals surface area contributed by atoms with Gasteiger partial charge in [-0.1, -0.05) is 18.5 Å². The molecule has 0 heterocycles. The van der Waals surface area contributed by atoms with Crippen LogP contribution < -0.4 is 11.1 Å². The van der Waals surface area contributed by atoms with E-state index in [1.807, 2.05) is 6.92 Å². The maximum atomic E-state index is 11.8. The lowest BCUT2D eigenvalue weighted by Gasteiger charge is -2.15. The van der Waals surface area contributed by atoms with Crippen molar-refractivity contribution in [2.45, 2.75) is 19.8 Å². The summed E-state index contributed by atoms with van der Waals surface area (Å²) in [6.07, 6.45) is 1.12. The lowest BCUT2D eigenvalue weighted by Crippen LogP contribution is -2.41. The van der Waals surface area contributed by atoms with Crippen LogP contribution in [0.1, 0.15) is 19.8 Å². The Kier molecular flexibility index (Phi) is 7.38. The molecule has 0 aliphatic rings. The molecule has 0 aromatic carbocycles. The summed E-state index contributed by atoms with van der Waals surface area (Å²) in [6, 6.07) is 0. The van der Waals surface area contributed by atoms with Gasteiger partial charge in [-0.3, -0.25) is 4.79 Å². The SMILES string of the molecule is CCCC(C(=O)NCCS(=O)(=O)N(C)C)C(N)=NO. The summed E-state index contributed by atoms with van der Waals surface area (Å²) >= 11 is 0. The highest BCUT2D eigenvalue weighted by molar-refractivity contribution is 7.89. The van der Waals surface area contributed by atoms with Crippen molar-refractivity contribution < 1.29 is 18.4 Å². The number of amidine groups is 1. The first kappa shape index (κ1) is 17.6. The van der Waals surface area contributed by atoms with Crippen molar-refractivity contribution in [3.8, 4) is 0 Å². The molecular formula is C10H22N4O4S. The number of carbonyl (C=O) groups is 1. The van der Waals surface area contributed by atoms with Crippen molar-refractivity contribution in [1.82, 2.24) is 9.62 Å². The molecule has 0 aliphatic carbocycles. The minimum absolute atomic E-state index is 0.0156. The van der Waals surface area contributed by atoms with Crippen LogP contribution >= 0.6 is 0 Å². The number of carbonyl (C=O) groups excluding carboxylic acids is 1. The first-order valence-electron chi connectivity index (χ1n) is 5.91. The molecule has 0 fully saturated rings. The monoisotopic (exact) mass is 294 g/mol. The summed E-state index contributed by atoms with van der Waals surface area (Å²) in [5.41, 5.74) is 5.42. The molecule has 112 valence electrons. The molecular weight excluding hydrogens is 272 g/mol. The van der Waals surface area contributed by atoms with Crippen LogP contribution in [-0.4, -0.2) is 56.1 Å². The van der Waals surface area contributed by atoms with Gasteiger partial charge in [0.15, 0.2) is 5.84 Å². The number of rotatable bonds is 8. The van der Waals surface area contributed by atoms with Gasteiger partial charge >= 0.3 is 0 Å². The highest BCUT2D eigenvalue weighted by atomic mass is 32.2. The zero-order valence-corrected chi connectivity index (χ0v) is 12.3. The highest BCUT2D eigenvalue weighted by Gasteiger charge is 2.22. The van der Waals surface area contributed by atoms with Crippen LogP contribution in [0.25, 0.3) is 0 Å². The standard InChI is InChI=1S/C10H22N4O4S/c1-4-5-8(9(11)13-16)10(15)12-6-7-19(17,18)14(2)3/h8,16H,4-7H2,1-3H3,(H2,11,13)(H,12,15). The summed E-state index contributed by atoms with van der Waals surface area (Å²) in [5, 5.41) is 13.9. The van der Waals surface area contributed by atoms with Crippen LogP contribution in [0.3, 0.4) is 0 Å². The molecule has 0 saturated carbocycles. The Morgan fingerprint density at radius 3 is 2.47 bits per heavy atom. The fourth-order valence-electron chi connectivity index (χ4n) is 1.38. The third-order valence-corrected chi connectivity index (χ3v) is 4.41. The zero-order valence-electron chi connectivity index (χ0n) is 11.5. The molecule has 0 radical (unpaired) electrons. The third-order valence-electron chi connectivity index (χ3n) is 2.58. The summed E-state index contributed by atoms with van der Waals surface area (Å²) in [4.78, 5) is 11.8. The Hall–Kier alpha value is -1.35. The van der Waals surface area contributed by atoms with Gasteiger partial charge in [-0.25, -0.2) is 12.7 Å². The van der Waals surface area contributed by atoms with Gasteiger partial charge in [-0.2, -0.15) is 0 Å². The number of amides is 1. The van der Waals surface area contributed by atoms with Crippen molar-refractivity contribution in [3.05, 3.63) is 0 Å². The predicted molar refractivity (Wildman–Crippen MR) is 72.3 cm³/mol. The van der Waals surface area contributed by atoms with Gasteiger partial charge in [-0.05, 0) is 6.42 Å². The highest BCUT2D eigenvalue weighted by Crippen LogP contribution is 2.06. The van der Waals surface area contributed by atoms with E-state index in [1.54, 1.807) is 0 Å². The van der Waals surface area contributed by atoms with E-state index in [0.29, 0.717) is 12.8 Å². The van der Waals surface area contributed by atoms with Crippen molar-refractivity contribution in [2.75, 3.05) is 26.4 Å². The number of sulfonamides is 1. The first-order chi connectivity index (χ1) is 8.76. The van der Waals surface area contributed by atoms with E-state index >= 15 is 0 Å². The summed E-state index contributed by atoms with van der Waals surface area (Å²) in [7, 11) is -0.502. The molecule has 0 saturated heterocycles. The van der Waals surface area contributed by atoms with Gasteiger partial charge in [-0.15, -0.1) is 0 Å². The molecule has 8 nitrogen and oxygen atoms in total. The van der Waals surface area contributed by atoms with E-state index in [1.165, 1.54) is 14.1 Å². The number of nitrogens with two attached hydrogens (primary N) is 1. The van der Waals surface area contributed by atoms with Crippen LogP contribution in [0.5, 0.6) is 0 Å². The smallest absolute Gasteiger partial charge is 0.230 e. The maximum absolute atomic E-state index is 11.8. The topological polar surface area (TPSA) is 125 Å². The molecule has 0 aliphatic heterocycles. The van der Waals surface area contributed by atoms with E-state index in [-0.39, 0.29) is 18.1 Å². The number of hydrogen-bond donors (Lipinski definition) is 3. The molecule has 0 spiro atoms. The molecule has 1 unspecified atom stereocenters. The van der Waals surface area contributed by atoms with E-state index in [0.717, 1.165) is 4.31 Å². The summed E-state index contributed by atoms with van der Waals surface area (Å²) < 4.78 is 24.1. The van der Waals surface area contributed by atoms with E-state index in [2.05, 4.69) is 10.5 Å². The summed E-state index contributed by atoms with van der Waals surface area (Å²) in [5.74, 6) is -1.54. The number of nitrogens with one attached hydrogen (secondary N) is 1. The third kappa shape index (κ3) is 5.88. The van der Waals surface area contributed by atoms with Crippen LogP contribution in [0.15, 0.2) is 5.16 Å². The van der Waals surface area contributed by atoms with Gasteiger partial charge < -0.3 is 16.3 Å². The Morgan fingerprint density at radius 1 is 1.47 bits per heavy atom. The quantitative estimate of drug-likeness (QED) is 0.233.